The molecule has 0 bridgehead atoms. The van der Waals surface area contributed by atoms with Crippen molar-refractivity contribution in [3.63, 3.8) is 0 Å². The molecule has 2 nitrogen and oxygen atoms in total. The molecule has 0 saturated carbocycles. The van der Waals surface area contributed by atoms with Gasteiger partial charge in [0.05, 0.1) is 8.66 Å². The lowest BCUT2D eigenvalue weighted by atomic mass is 10.2. The molecular weight excluding hydrogens is 404 g/mol. The molecule has 0 fully saturated rings. The zero-order valence-corrected chi connectivity index (χ0v) is 13.5. The summed E-state index contributed by atoms with van der Waals surface area (Å²) in [5.41, 5.74) is 0.447. The van der Waals surface area contributed by atoms with E-state index in [-0.39, 0.29) is 4.47 Å². The van der Waals surface area contributed by atoms with Crippen LogP contribution in [0.4, 0.5) is 14.5 Å². The summed E-state index contributed by atoms with van der Waals surface area (Å²) in [6.45, 7) is 1.83. The van der Waals surface area contributed by atoms with E-state index in [1.165, 1.54) is 11.3 Å². The number of thiophene rings is 1. The Labute approximate surface area is 129 Å². The van der Waals surface area contributed by atoms with Crippen molar-refractivity contribution in [3.05, 3.63) is 48.5 Å². The number of rotatable bonds is 2. The molecule has 0 aliphatic heterocycles. The van der Waals surface area contributed by atoms with Crippen molar-refractivity contribution in [2.24, 2.45) is 0 Å². The molecule has 2 aromatic rings. The molecule has 1 aromatic carbocycles. The maximum atomic E-state index is 13.6. The predicted octanol–water partition coefficient (Wildman–Crippen LogP) is 5.11. The van der Waals surface area contributed by atoms with Crippen LogP contribution in [-0.2, 0) is 0 Å². The number of hydrogen-bond acceptors (Lipinski definition) is 2. The number of carbonyl (C=O) groups is 1. The molecular formula is C12H7Br2F2NOS. The fourth-order valence-corrected chi connectivity index (χ4v) is 3.24. The quantitative estimate of drug-likeness (QED) is 0.732. The fraction of sp³-hybridized carbons (Fsp3) is 0.0833. The lowest BCUT2D eigenvalue weighted by molar-refractivity contribution is 0.102. The minimum absolute atomic E-state index is 0.273. The number of anilines is 1. The lowest BCUT2D eigenvalue weighted by Gasteiger charge is -2.06. The Hall–Kier alpha value is -0.790. The summed E-state index contributed by atoms with van der Waals surface area (Å²) in [6, 6.07) is 3.83. The number of aryl methyl sites for hydroxylation is 1. The van der Waals surface area contributed by atoms with Crippen LogP contribution in [0, 0.1) is 18.6 Å². The first-order valence-electron chi connectivity index (χ1n) is 5.10. The largest absolute Gasteiger partial charge is 0.316 e. The van der Waals surface area contributed by atoms with E-state index in [1.54, 1.807) is 6.07 Å². The Kier molecular flexibility index (Phi) is 4.37. The highest BCUT2D eigenvalue weighted by Crippen LogP contribution is 2.29. The van der Waals surface area contributed by atoms with Gasteiger partial charge in [0.15, 0.2) is 11.6 Å². The van der Waals surface area contributed by atoms with Crippen molar-refractivity contribution in [1.82, 2.24) is 0 Å². The van der Waals surface area contributed by atoms with Crippen LogP contribution in [0.25, 0.3) is 0 Å². The third-order valence-electron chi connectivity index (χ3n) is 2.33. The van der Waals surface area contributed by atoms with Gasteiger partial charge in [-0.1, -0.05) is 15.9 Å². The number of halogens is 4. The zero-order valence-electron chi connectivity index (χ0n) is 9.56. The molecule has 0 atom stereocenters. The minimum atomic E-state index is -0.826. The van der Waals surface area contributed by atoms with Crippen molar-refractivity contribution in [2.45, 2.75) is 6.92 Å². The summed E-state index contributed by atoms with van der Waals surface area (Å²) in [5, 5.41) is 2.24. The lowest BCUT2D eigenvalue weighted by Crippen LogP contribution is -2.13. The fourth-order valence-electron chi connectivity index (χ4n) is 1.41. The van der Waals surface area contributed by atoms with E-state index >= 15 is 0 Å². The standard InChI is InChI=1S/C12H7Br2F2NOS/c1-5-2-9(19-11(5)14)12(18)17-10-7(15)3-6(13)4-8(10)16/h2-4H,1H3,(H,17,18). The molecule has 100 valence electrons. The minimum Gasteiger partial charge on any atom is -0.316 e. The van der Waals surface area contributed by atoms with Crippen molar-refractivity contribution in [3.8, 4) is 0 Å². The molecule has 1 heterocycles. The first kappa shape index (κ1) is 14.6. The highest BCUT2D eigenvalue weighted by atomic mass is 79.9. The maximum Gasteiger partial charge on any atom is 0.265 e. The molecule has 0 spiro atoms. The Bertz CT molecular complexity index is 615. The van der Waals surface area contributed by atoms with E-state index in [1.807, 2.05) is 6.92 Å². The predicted molar refractivity (Wildman–Crippen MR) is 78.8 cm³/mol. The van der Waals surface area contributed by atoms with Crippen LogP contribution in [0.3, 0.4) is 0 Å². The molecule has 2 rings (SSSR count). The zero-order chi connectivity index (χ0) is 14.2. The second-order valence-electron chi connectivity index (χ2n) is 3.77. The average Bonchev–Trinajstić information content (AvgIpc) is 2.64. The summed E-state index contributed by atoms with van der Waals surface area (Å²) in [4.78, 5) is 12.3. The Morgan fingerprint density at radius 2 is 1.79 bits per heavy atom. The summed E-state index contributed by atoms with van der Waals surface area (Å²) in [5.74, 6) is -2.20. The van der Waals surface area contributed by atoms with Gasteiger partial charge in [-0.25, -0.2) is 8.78 Å². The smallest absolute Gasteiger partial charge is 0.265 e. The first-order valence-corrected chi connectivity index (χ1v) is 7.50. The van der Waals surface area contributed by atoms with Crippen molar-refractivity contribution >= 4 is 54.8 Å². The molecule has 1 N–H and O–H groups in total. The van der Waals surface area contributed by atoms with E-state index in [0.717, 1.165) is 21.5 Å². The second kappa shape index (κ2) is 5.68. The molecule has 1 amide bonds. The van der Waals surface area contributed by atoms with Crippen molar-refractivity contribution in [2.75, 3.05) is 5.32 Å². The second-order valence-corrected chi connectivity index (χ2v) is 7.05. The van der Waals surface area contributed by atoms with Crippen molar-refractivity contribution < 1.29 is 13.6 Å². The van der Waals surface area contributed by atoms with E-state index in [9.17, 15) is 13.6 Å². The molecule has 1 aromatic heterocycles. The van der Waals surface area contributed by atoms with Crippen LogP contribution < -0.4 is 5.32 Å². The highest BCUT2D eigenvalue weighted by Gasteiger charge is 2.16. The third-order valence-corrected chi connectivity index (χ3v) is 4.92. The topological polar surface area (TPSA) is 29.1 Å². The van der Waals surface area contributed by atoms with Crippen LogP contribution in [0.1, 0.15) is 15.2 Å². The molecule has 7 heteroatoms. The number of nitrogens with one attached hydrogen (secondary N) is 1. The average molecular weight is 411 g/mol. The summed E-state index contributed by atoms with van der Waals surface area (Å²) in [6.07, 6.45) is 0. The Morgan fingerprint density at radius 3 is 2.26 bits per heavy atom. The summed E-state index contributed by atoms with van der Waals surface area (Å²) >= 11 is 7.47. The van der Waals surface area contributed by atoms with Crippen LogP contribution in [0.15, 0.2) is 26.5 Å². The SMILES string of the molecule is Cc1cc(C(=O)Nc2c(F)cc(Br)cc2F)sc1Br. The van der Waals surface area contributed by atoms with E-state index in [4.69, 9.17) is 0 Å². The van der Waals surface area contributed by atoms with Crippen molar-refractivity contribution in [1.29, 1.82) is 0 Å². The van der Waals surface area contributed by atoms with Gasteiger partial charge in [-0.2, -0.15) is 0 Å². The Balaban J connectivity index is 2.29. The third kappa shape index (κ3) is 3.21. The Morgan fingerprint density at radius 1 is 1.21 bits per heavy atom. The molecule has 0 aliphatic carbocycles. The van der Waals surface area contributed by atoms with Gasteiger partial charge >= 0.3 is 0 Å². The van der Waals surface area contributed by atoms with Gasteiger partial charge in [0.1, 0.15) is 5.69 Å². The summed E-state index contributed by atoms with van der Waals surface area (Å²) in [7, 11) is 0. The van der Waals surface area contributed by atoms with Crippen LogP contribution in [0.2, 0.25) is 0 Å². The molecule has 0 saturated heterocycles. The maximum absolute atomic E-state index is 13.6. The molecule has 0 radical (unpaired) electrons. The van der Waals surface area contributed by atoms with Gasteiger partial charge in [0.2, 0.25) is 0 Å². The highest BCUT2D eigenvalue weighted by molar-refractivity contribution is 9.11. The van der Waals surface area contributed by atoms with E-state index < -0.39 is 23.2 Å². The van der Waals surface area contributed by atoms with Gasteiger partial charge in [0, 0.05) is 4.47 Å². The number of hydrogen-bond donors (Lipinski definition) is 1. The number of benzene rings is 1. The van der Waals surface area contributed by atoms with E-state index in [2.05, 4.69) is 37.2 Å². The van der Waals surface area contributed by atoms with Gasteiger partial charge < -0.3 is 5.32 Å². The monoisotopic (exact) mass is 409 g/mol. The van der Waals surface area contributed by atoms with Gasteiger partial charge in [-0.15, -0.1) is 11.3 Å². The number of carbonyl (C=O) groups excluding carboxylic acids is 1. The van der Waals surface area contributed by atoms with Gasteiger partial charge in [-0.05, 0) is 46.6 Å². The van der Waals surface area contributed by atoms with Gasteiger partial charge in [-0.3, -0.25) is 4.79 Å². The van der Waals surface area contributed by atoms with E-state index in [0.29, 0.717) is 4.88 Å². The normalized spacial score (nSPS) is 10.6. The molecule has 0 unspecified atom stereocenters. The summed E-state index contributed by atoms with van der Waals surface area (Å²) < 4.78 is 28.3. The number of amides is 1. The molecule has 19 heavy (non-hydrogen) atoms. The van der Waals surface area contributed by atoms with Crippen LogP contribution >= 0.6 is 43.2 Å². The van der Waals surface area contributed by atoms with Crippen LogP contribution in [-0.4, -0.2) is 5.91 Å². The van der Waals surface area contributed by atoms with Crippen LogP contribution in [0.5, 0.6) is 0 Å². The van der Waals surface area contributed by atoms with Gasteiger partial charge in [0.25, 0.3) is 5.91 Å². The first-order chi connectivity index (χ1) is 8.88. The molecule has 0 aliphatic rings.